The molecule has 0 bridgehead atoms. The second-order valence-corrected chi connectivity index (χ2v) is 10.9. The standard InChI is InChI=1S/C41H27N3/c1-2-12-32(13-3-1)39-42-40(33-24-20-30(21-25-33)37-18-8-14-28-10-4-6-16-35(28)37)44-41(43-39)34-26-22-31(23-27-34)38-19-9-15-29-11-5-7-17-36(29)38/h1-27H. The van der Waals surface area contributed by atoms with Crippen LogP contribution in [0.1, 0.15) is 0 Å². The second kappa shape index (κ2) is 11.0. The number of nitrogens with zero attached hydrogens (tertiary/aromatic N) is 3. The van der Waals surface area contributed by atoms with Crippen LogP contribution in [0.15, 0.2) is 164 Å². The van der Waals surface area contributed by atoms with Crippen LogP contribution in [-0.2, 0) is 0 Å². The topological polar surface area (TPSA) is 38.7 Å². The lowest BCUT2D eigenvalue weighted by Crippen LogP contribution is -2.00. The molecule has 3 nitrogen and oxygen atoms in total. The van der Waals surface area contributed by atoms with E-state index in [1.165, 1.54) is 32.7 Å². The van der Waals surface area contributed by atoms with Crippen molar-refractivity contribution in [3.05, 3.63) is 164 Å². The molecular formula is C41H27N3. The third kappa shape index (κ3) is 4.81. The van der Waals surface area contributed by atoms with Crippen LogP contribution in [0.25, 0.3) is 78.0 Å². The maximum Gasteiger partial charge on any atom is 0.164 e. The van der Waals surface area contributed by atoms with Gasteiger partial charge in [-0.2, -0.15) is 0 Å². The van der Waals surface area contributed by atoms with E-state index in [0.29, 0.717) is 17.5 Å². The monoisotopic (exact) mass is 561 g/mol. The van der Waals surface area contributed by atoms with Gasteiger partial charge in [0.1, 0.15) is 0 Å². The highest BCUT2D eigenvalue weighted by molar-refractivity contribution is 5.97. The molecule has 206 valence electrons. The lowest BCUT2D eigenvalue weighted by Gasteiger charge is -2.11. The van der Waals surface area contributed by atoms with E-state index in [1.54, 1.807) is 0 Å². The summed E-state index contributed by atoms with van der Waals surface area (Å²) in [5.41, 5.74) is 7.59. The molecule has 0 aliphatic carbocycles. The average molecular weight is 562 g/mol. The Bertz CT molecular complexity index is 2100. The summed E-state index contributed by atoms with van der Waals surface area (Å²) in [5.74, 6) is 1.95. The molecule has 3 heteroatoms. The quantitative estimate of drug-likeness (QED) is 0.210. The first-order valence-corrected chi connectivity index (χ1v) is 14.8. The summed E-state index contributed by atoms with van der Waals surface area (Å²) in [6.45, 7) is 0. The Kier molecular flexibility index (Phi) is 6.47. The molecule has 1 aromatic heterocycles. The second-order valence-electron chi connectivity index (χ2n) is 10.9. The lowest BCUT2D eigenvalue weighted by molar-refractivity contribution is 1.07. The Balaban J connectivity index is 1.19. The van der Waals surface area contributed by atoms with Gasteiger partial charge in [0, 0.05) is 16.7 Å². The summed E-state index contributed by atoms with van der Waals surface area (Å²) >= 11 is 0. The van der Waals surface area contributed by atoms with Gasteiger partial charge >= 0.3 is 0 Å². The Morgan fingerprint density at radius 1 is 0.250 bits per heavy atom. The Labute approximate surface area is 256 Å². The van der Waals surface area contributed by atoms with E-state index in [-0.39, 0.29) is 0 Å². The van der Waals surface area contributed by atoms with Gasteiger partial charge in [-0.1, -0.05) is 164 Å². The van der Waals surface area contributed by atoms with Crippen molar-refractivity contribution in [2.24, 2.45) is 0 Å². The molecule has 44 heavy (non-hydrogen) atoms. The van der Waals surface area contributed by atoms with Crippen LogP contribution >= 0.6 is 0 Å². The molecule has 0 saturated carbocycles. The SMILES string of the molecule is c1ccc(-c2nc(-c3ccc(-c4cccc5ccccc45)cc3)nc(-c3ccc(-c4cccc5ccccc45)cc3)n2)cc1. The van der Waals surface area contributed by atoms with E-state index >= 15 is 0 Å². The van der Waals surface area contributed by atoms with E-state index in [9.17, 15) is 0 Å². The lowest BCUT2D eigenvalue weighted by atomic mass is 9.97. The predicted molar refractivity (Wildman–Crippen MR) is 182 cm³/mol. The van der Waals surface area contributed by atoms with Gasteiger partial charge in [-0.25, -0.2) is 15.0 Å². The van der Waals surface area contributed by atoms with Gasteiger partial charge in [0.2, 0.25) is 0 Å². The molecule has 8 aromatic rings. The number of benzene rings is 7. The zero-order chi connectivity index (χ0) is 29.3. The molecule has 0 atom stereocenters. The summed E-state index contributed by atoms with van der Waals surface area (Å²) < 4.78 is 0. The number of fused-ring (bicyclic) bond motifs is 2. The van der Waals surface area contributed by atoms with Crippen molar-refractivity contribution in [3.63, 3.8) is 0 Å². The van der Waals surface area contributed by atoms with Gasteiger partial charge in [0.05, 0.1) is 0 Å². The van der Waals surface area contributed by atoms with Crippen molar-refractivity contribution >= 4 is 21.5 Å². The normalized spacial score (nSPS) is 11.2. The Morgan fingerprint density at radius 3 is 1.05 bits per heavy atom. The molecule has 0 unspecified atom stereocenters. The third-order valence-electron chi connectivity index (χ3n) is 8.15. The van der Waals surface area contributed by atoms with Gasteiger partial charge in [0.15, 0.2) is 17.5 Å². The van der Waals surface area contributed by atoms with Crippen molar-refractivity contribution in [1.29, 1.82) is 0 Å². The maximum atomic E-state index is 4.98. The zero-order valence-electron chi connectivity index (χ0n) is 23.9. The molecule has 0 N–H and O–H groups in total. The van der Waals surface area contributed by atoms with Gasteiger partial charge in [-0.3, -0.25) is 0 Å². The van der Waals surface area contributed by atoms with Crippen molar-refractivity contribution in [2.45, 2.75) is 0 Å². The predicted octanol–water partition coefficient (Wildman–Crippen LogP) is 10.5. The third-order valence-corrected chi connectivity index (χ3v) is 8.15. The fourth-order valence-corrected chi connectivity index (χ4v) is 5.90. The van der Waals surface area contributed by atoms with Crippen molar-refractivity contribution in [2.75, 3.05) is 0 Å². The molecule has 7 aromatic carbocycles. The number of hydrogen-bond acceptors (Lipinski definition) is 3. The molecule has 1 heterocycles. The van der Waals surface area contributed by atoms with Gasteiger partial charge in [-0.05, 0) is 43.8 Å². The first kappa shape index (κ1) is 25.8. The van der Waals surface area contributed by atoms with Crippen LogP contribution in [0, 0.1) is 0 Å². The first-order valence-electron chi connectivity index (χ1n) is 14.8. The van der Waals surface area contributed by atoms with Crippen molar-refractivity contribution in [3.8, 4) is 56.4 Å². The molecule has 0 aliphatic heterocycles. The van der Waals surface area contributed by atoms with Crippen LogP contribution < -0.4 is 0 Å². The highest BCUT2D eigenvalue weighted by Crippen LogP contribution is 2.33. The minimum Gasteiger partial charge on any atom is -0.208 e. The summed E-state index contributed by atoms with van der Waals surface area (Å²) in [4.78, 5) is 14.8. The fourth-order valence-electron chi connectivity index (χ4n) is 5.90. The summed E-state index contributed by atoms with van der Waals surface area (Å²) in [6, 6.07) is 57.0. The molecule has 0 saturated heterocycles. The first-order chi connectivity index (χ1) is 21.8. The molecular weight excluding hydrogens is 534 g/mol. The van der Waals surface area contributed by atoms with Crippen LogP contribution in [0.2, 0.25) is 0 Å². The number of hydrogen-bond donors (Lipinski definition) is 0. The van der Waals surface area contributed by atoms with Crippen LogP contribution in [0.3, 0.4) is 0 Å². The van der Waals surface area contributed by atoms with Crippen LogP contribution in [0.5, 0.6) is 0 Å². The molecule has 0 radical (unpaired) electrons. The summed E-state index contributed by atoms with van der Waals surface area (Å²) in [5, 5.41) is 4.94. The fraction of sp³-hybridized carbons (Fsp3) is 0. The van der Waals surface area contributed by atoms with E-state index < -0.39 is 0 Å². The largest absolute Gasteiger partial charge is 0.208 e. The summed E-state index contributed by atoms with van der Waals surface area (Å²) in [7, 11) is 0. The molecule has 0 aliphatic rings. The number of rotatable bonds is 5. The zero-order valence-corrected chi connectivity index (χ0v) is 23.9. The Hall–Kier alpha value is -5.93. The van der Waals surface area contributed by atoms with E-state index in [4.69, 9.17) is 15.0 Å². The van der Waals surface area contributed by atoms with Crippen molar-refractivity contribution < 1.29 is 0 Å². The number of aromatic nitrogens is 3. The molecule has 0 amide bonds. The minimum absolute atomic E-state index is 0.649. The summed E-state index contributed by atoms with van der Waals surface area (Å²) in [6.07, 6.45) is 0. The molecule has 8 rings (SSSR count). The Morgan fingerprint density at radius 2 is 0.591 bits per heavy atom. The van der Waals surface area contributed by atoms with Gasteiger partial charge in [-0.15, -0.1) is 0 Å². The molecule has 0 fully saturated rings. The van der Waals surface area contributed by atoms with E-state index in [1.807, 2.05) is 30.3 Å². The van der Waals surface area contributed by atoms with Crippen LogP contribution in [-0.4, -0.2) is 15.0 Å². The maximum absolute atomic E-state index is 4.98. The highest BCUT2D eigenvalue weighted by atomic mass is 15.0. The smallest absolute Gasteiger partial charge is 0.164 e. The highest BCUT2D eigenvalue weighted by Gasteiger charge is 2.13. The van der Waals surface area contributed by atoms with Gasteiger partial charge in [0.25, 0.3) is 0 Å². The molecule has 0 spiro atoms. The van der Waals surface area contributed by atoms with E-state index in [0.717, 1.165) is 27.8 Å². The van der Waals surface area contributed by atoms with E-state index in [2.05, 4.69) is 133 Å². The average Bonchev–Trinajstić information content (AvgIpc) is 3.11. The van der Waals surface area contributed by atoms with Crippen molar-refractivity contribution in [1.82, 2.24) is 15.0 Å². The minimum atomic E-state index is 0.649. The van der Waals surface area contributed by atoms with Gasteiger partial charge < -0.3 is 0 Å². The van der Waals surface area contributed by atoms with Crippen LogP contribution in [0.4, 0.5) is 0 Å².